The predicted octanol–water partition coefficient (Wildman–Crippen LogP) is 3.61. The first kappa shape index (κ1) is 14.1. The molecule has 6 heteroatoms. The molecule has 0 saturated heterocycles. The first-order valence-corrected chi connectivity index (χ1v) is 6.62. The van der Waals surface area contributed by atoms with Crippen LogP contribution < -0.4 is 11.3 Å². The van der Waals surface area contributed by atoms with Gasteiger partial charge in [0.1, 0.15) is 5.82 Å². The molecule has 2 aromatic rings. The van der Waals surface area contributed by atoms with Crippen LogP contribution in [0.5, 0.6) is 0 Å². The second-order valence-electron chi connectivity index (χ2n) is 4.05. The van der Waals surface area contributed by atoms with Gasteiger partial charge in [-0.1, -0.05) is 36.2 Å². The summed E-state index contributed by atoms with van der Waals surface area (Å²) in [5.41, 5.74) is 5.06. The summed E-state index contributed by atoms with van der Waals surface area (Å²) in [7, 11) is 0. The summed E-state index contributed by atoms with van der Waals surface area (Å²) < 4.78 is 0. The van der Waals surface area contributed by atoms with E-state index in [1.165, 1.54) is 0 Å². The van der Waals surface area contributed by atoms with Crippen LogP contribution in [0.15, 0.2) is 18.2 Å². The van der Waals surface area contributed by atoms with E-state index in [4.69, 9.17) is 29.0 Å². The zero-order valence-corrected chi connectivity index (χ0v) is 12.2. The molecular formula is C13H14Cl2N4. The topological polar surface area (TPSA) is 63.8 Å². The number of benzene rings is 1. The van der Waals surface area contributed by atoms with Crippen molar-refractivity contribution in [1.82, 2.24) is 9.97 Å². The van der Waals surface area contributed by atoms with Crippen molar-refractivity contribution >= 4 is 29.0 Å². The third kappa shape index (κ3) is 2.66. The summed E-state index contributed by atoms with van der Waals surface area (Å²) >= 11 is 12.3. The average Bonchev–Trinajstić information content (AvgIpc) is 2.37. The van der Waals surface area contributed by atoms with E-state index >= 15 is 0 Å². The maximum atomic E-state index is 6.17. The summed E-state index contributed by atoms with van der Waals surface area (Å²) in [5, 5.41) is 1.03. The molecule has 19 heavy (non-hydrogen) atoms. The van der Waals surface area contributed by atoms with Crippen molar-refractivity contribution in [2.45, 2.75) is 20.3 Å². The summed E-state index contributed by atoms with van der Waals surface area (Å²) in [6.07, 6.45) is 0.794. The number of nitrogens with one attached hydrogen (secondary N) is 1. The molecule has 0 aliphatic rings. The number of anilines is 1. The van der Waals surface area contributed by atoms with Gasteiger partial charge in [-0.05, 0) is 25.5 Å². The molecule has 0 atom stereocenters. The molecule has 0 fully saturated rings. The fourth-order valence-corrected chi connectivity index (χ4v) is 2.53. The van der Waals surface area contributed by atoms with Gasteiger partial charge in [0.15, 0.2) is 5.82 Å². The Labute approximate surface area is 121 Å². The van der Waals surface area contributed by atoms with E-state index in [9.17, 15) is 0 Å². The van der Waals surface area contributed by atoms with E-state index < -0.39 is 0 Å². The Morgan fingerprint density at radius 2 is 1.84 bits per heavy atom. The van der Waals surface area contributed by atoms with Gasteiger partial charge in [-0.3, -0.25) is 0 Å². The van der Waals surface area contributed by atoms with Gasteiger partial charge in [0.25, 0.3) is 0 Å². The van der Waals surface area contributed by atoms with E-state index in [1.54, 1.807) is 18.2 Å². The molecule has 0 bridgehead atoms. The van der Waals surface area contributed by atoms with Gasteiger partial charge in [-0.15, -0.1) is 0 Å². The number of nitrogens with two attached hydrogens (primary N) is 1. The highest BCUT2D eigenvalue weighted by Gasteiger charge is 2.15. The van der Waals surface area contributed by atoms with E-state index in [0.29, 0.717) is 27.3 Å². The van der Waals surface area contributed by atoms with Gasteiger partial charge in [0.2, 0.25) is 0 Å². The van der Waals surface area contributed by atoms with E-state index in [2.05, 4.69) is 15.4 Å². The average molecular weight is 297 g/mol. The molecular weight excluding hydrogens is 283 g/mol. The van der Waals surface area contributed by atoms with Gasteiger partial charge in [0, 0.05) is 11.3 Å². The quantitative estimate of drug-likeness (QED) is 0.671. The minimum atomic E-state index is 0.471. The molecule has 0 saturated carbocycles. The molecule has 1 aromatic carbocycles. The van der Waals surface area contributed by atoms with Crippen molar-refractivity contribution in [3.8, 4) is 11.4 Å². The van der Waals surface area contributed by atoms with Crippen LogP contribution in [0.2, 0.25) is 10.0 Å². The monoisotopic (exact) mass is 296 g/mol. The number of hydrazine groups is 1. The molecule has 100 valence electrons. The lowest BCUT2D eigenvalue weighted by Gasteiger charge is -2.12. The highest BCUT2D eigenvalue weighted by atomic mass is 35.5. The second kappa shape index (κ2) is 5.74. The lowest BCUT2D eigenvalue weighted by atomic mass is 10.1. The highest BCUT2D eigenvalue weighted by molar-refractivity contribution is 6.38. The van der Waals surface area contributed by atoms with Crippen LogP contribution in [0, 0.1) is 6.92 Å². The fraction of sp³-hybridized carbons (Fsp3) is 0.231. The number of aryl methyl sites for hydroxylation is 1. The Morgan fingerprint density at radius 1 is 1.21 bits per heavy atom. The Hall–Kier alpha value is -1.36. The Morgan fingerprint density at radius 3 is 2.37 bits per heavy atom. The maximum absolute atomic E-state index is 6.17. The number of hydrogen-bond donors (Lipinski definition) is 2. The van der Waals surface area contributed by atoms with Gasteiger partial charge >= 0.3 is 0 Å². The molecule has 0 radical (unpaired) electrons. The molecule has 2 rings (SSSR count). The first-order chi connectivity index (χ1) is 9.08. The van der Waals surface area contributed by atoms with Crippen molar-refractivity contribution in [1.29, 1.82) is 0 Å². The predicted molar refractivity (Wildman–Crippen MR) is 79.4 cm³/mol. The van der Waals surface area contributed by atoms with Gasteiger partial charge < -0.3 is 5.43 Å². The molecule has 0 amide bonds. The molecule has 1 heterocycles. The van der Waals surface area contributed by atoms with Crippen molar-refractivity contribution in [2.24, 2.45) is 5.84 Å². The molecule has 0 unspecified atom stereocenters. The standard InChI is InChI=1S/C13H14Cl2N4/c1-3-8-7(2)17-13(18-12(8)19-16)11-9(14)5-4-6-10(11)15/h4-6H,3,16H2,1-2H3,(H,17,18,19). The van der Waals surface area contributed by atoms with Crippen LogP contribution in [0.1, 0.15) is 18.2 Å². The number of rotatable bonds is 3. The van der Waals surface area contributed by atoms with Gasteiger partial charge in [0.05, 0.1) is 15.6 Å². The van der Waals surface area contributed by atoms with Gasteiger partial charge in [-0.2, -0.15) is 0 Å². The van der Waals surface area contributed by atoms with Crippen LogP contribution in [0.3, 0.4) is 0 Å². The van der Waals surface area contributed by atoms with Crippen LogP contribution in [-0.2, 0) is 6.42 Å². The summed E-state index contributed by atoms with van der Waals surface area (Å²) in [6.45, 7) is 3.93. The van der Waals surface area contributed by atoms with Crippen molar-refractivity contribution in [2.75, 3.05) is 5.43 Å². The maximum Gasteiger partial charge on any atom is 0.164 e. The second-order valence-corrected chi connectivity index (χ2v) is 4.87. The molecule has 4 nitrogen and oxygen atoms in total. The first-order valence-electron chi connectivity index (χ1n) is 5.87. The van der Waals surface area contributed by atoms with Gasteiger partial charge in [-0.25, -0.2) is 15.8 Å². The van der Waals surface area contributed by atoms with E-state index in [0.717, 1.165) is 17.7 Å². The number of nitrogen functional groups attached to an aromatic ring is 1. The van der Waals surface area contributed by atoms with E-state index in [-0.39, 0.29) is 0 Å². The summed E-state index contributed by atoms with van der Waals surface area (Å²) in [4.78, 5) is 8.87. The summed E-state index contributed by atoms with van der Waals surface area (Å²) in [5.74, 6) is 6.58. The summed E-state index contributed by atoms with van der Waals surface area (Å²) in [6, 6.07) is 5.29. The number of nitrogens with zero attached hydrogens (tertiary/aromatic N) is 2. The molecule has 0 spiro atoms. The molecule has 0 aliphatic heterocycles. The largest absolute Gasteiger partial charge is 0.308 e. The lowest BCUT2D eigenvalue weighted by Crippen LogP contribution is -2.13. The third-order valence-electron chi connectivity index (χ3n) is 2.89. The zero-order chi connectivity index (χ0) is 14.0. The smallest absolute Gasteiger partial charge is 0.164 e. The molecule has 0 aliphatic carbocycles. The minimum Gasteiger partial charge on any atom is -0.308 e. The SMILES string of the molecule is CCc1c(C)nc(-c2c(Cl)cccc2Cl)nc1NN. The van der Waals surface area contributed by atoms with Crippen LogP contribution in [-0.4, -0.2) is 9.97 Å². The lowest BCUT2D eigenvalue weighted by molar-refractivity contribution is 0.995. The molecule has 1 aromatic heterocycles. The van der Waals surface area contributed by atoms with Crippen molar-refractivity contribution in [3.63, 3.8) is 0 Å². The number of halogens is 2. The fourth-order valence-electron chi connectivity index (χ4n) is 1.96. The highest BCUT2D eigenvalue weighted by Crippen LogP contribution is 2.33. The van der Waals surface area contributed by atoms with Crippen molar-refractivity contribution in [3.05, 3.63) is 39.5 Å². The normalized spacial score (nSPS) is 10.6. The van der Waals surface area contributed by atoms with Crippen LogP contribution >= 0.6 is 23.2 Å². The number of aromatic nitrogens is 2. The third-order valence-corrected chi connectivity index (χ3v) is 3.52. The number of hydrogen-bond acceptors (Lipinski definition) is 4. The van der Waals surface area contributed by atoms with Crippen LogP contribution in [0.25, 0.3) is 11.4 Å². The Balaban J connectivity index is 2.67. The van der Waals surface area contributed by atoms with Crippen LogP contribution in [0.4, 0.5) is 5.82 Å². The minimum absolute atomic E-state index is 0.471. The zero-order valence-electron chi connectivity index (χ0n) is 10.7. The van der Waals surface area contributed by atoms with E-state index in [1.807, 2.05) is 13.8 Å². The molecule has 3 N–H and O–H groups in total. The Kier molecular flexibility index (Phi) is 4.24. The van der Waals surface area contributed by atoms with Crippen molar-refractivity contribution < 1.29 is 0 Å². The Bertz CT molecular complexity index is 594.